The summed E-state index contributed by atoms with van der Waals surface area (Å²) in [6.45, 7) is 2.87. The third kappa shape index (κ3) is 2.29. The average molecular weight is 205 g/mol. The lowest BCUT2D eigenvalue weighted by molar-refractivity contribution is -0.119. The van der Waals surface area contributed by atoms with Crippen molar-refractivity contribution < 1.29 is 9.53 Å². The van der Waals surface area contributed by atoms with E-state index in [1.165, 1.54) is 5.57 Å². The van der Waals surface area contributed by atoms with Gasteiger partial charge < -0.3 is 10.1 Å². The van der Waals surface area contributed by atoms with Crippen LogP contribution in [-0.2, 0) is 9.53 Å². The summed E-state index contributed by atoms with van der Waals surface area (Å²) < 4.78 is 5.52. The van der Waals surface area contributed by atoms with Crippen LogP contribution in [0.15, 0.2) is 35.8 Å². The maximum absolute atomic E-state index is 11.2. The summed E-state index contributed by atoms with van der Waals surface area (Å²) in [4.78, 5) is 11.2. The van der Waals surface area contributed by atoms with Crippen molar-refractivity contribution in [3.05, 3.63) is 35.8 Å². The van der Waals surface area contributed by atoms with Gasteiger partial charge in [-0.05, 0) is 11.6 Å². The molecule has 0 saturated carbocycles. The van der Waals surface area contributed by atoms with Gasteiger partial charge in [-0.25, -0.2) is 0 Å². The van der Waals surface area contributed by atoms with Crippen molar-refractivity contribution in [2.45, 2.75) is 19.8 Å². The first-order valence-electron chi connectivity index (χ1n) is 5.26. The number of rotatable bonds is 0. The number of hydrogen-bond donors (Lipinski definition) is 1. The van der Waals surface area contributed by atoms with Gasteiger partial charge in [-0.2, -0.15) is 0 Å². The molecule has 2 rings (SSSR count). The molecule has 0 aromatic heterocycles. The summed E-state index contributed by atoms with van der Waals surface area (Å²) >= 11 is 0. The Labute approximate surface area is 89.5 Å². The molecule has 0 aliphatic carbocycles. The number of hydrogen-bond acceptors (Lipinski definition) is 2. The van der Waals surface area contributed by atoms with Crippen LogP contribution in [0.4, 0.5) is 0 Å². The Morgan fingerprint density at radius 1 is 1.53 bits per heavy atom. The molecule has 3 heteroatoms. The van der Waals surface area contributed by atoms with E-state index < -0.39 is 0 Å². The lowest BCUT2D eigenvalue weighted by Crippen LogP contribution is -2.16. The lowest BCUT2D eigenvalue weighted by Gasteiger charge is -2.09. The number of amides is 1. The number of carbonyl (C=O) groups is 1. The highest BCUT2D eigenvalue weighted by atomic mass is 16.5. The number of nitrogens with one attached hydrogen (secondary N) is 1. The van der Waals surface area contributed by atoms with E-state index in [1.54, 1.807) is 6.20 Å². The van der Waals surface area contributed by atoms with Crippen LogP contribution in [0.25, 0.3) is 0 Å². The zero-order valence-electron chi connectivity index (χ0n) is 8.82. The second-order valence-electron chi connectivity index (χ2n) is 3.81. The van der Waals surface area contributed by atoms with Crippen molar-refractivity contribution in [3.63, 3.8) is 0 Å². The highest BCUT2D eigenvalue weighted by Crippen LogP contribution is 2.28. The van der Waals surface area contributed by atoms with E-state index in [1.807, 2.05) is 18.2 Å². The Balaban J connectivity index is 2.27. The van der Waals surface area contributed by atoms with E-state index >= 15 is 0 Å². The van der Waals surface area contributed by atoms with Crippen LogP contribution in [0.2, 0.25) is 0 Å². The van der Waals surface area contributed by atoms with Crippen molar-refractivity contribution in [3.8, 4) is 0 Å². The summed E-state index contributed by atoms with van der Waals surface area (Å²) in [7, 11) is 0. The molecule has 2 aliphatic rings. The predicted molar refractivity (Wildman–Crippen MR) is 57.8 cm³/mol. The van der Waals surface area contributed by atoms with Crippen molar-refractivity contribution in [1.29, 1.82) is 0 Å². The van der Waals surface area contributed by atoms with Crippen molar-refractivity contribution >= 4 is 5.91 Å². The van der Waals surface area contributed by atoms with Gasteiger partial charge in [-0.1, -0.05) is 19.1 Å². The first-order chi connectivity index (χ1) is 7.27. The van der Waals surface area contributed by atoms with Gasteiger partial charge in [0.15, 0.2) is 0 Å². The first kappa shape index (κ1) is 10.0. The van der Waals surface area contributed by atoms with Crippen LogP contribution < -0.4 is 5.32 Å². The first-order valence-corrected chi connectivity index (χ1v) is 5.26. The molecule has 0 aromatic rings. The van der Waals surface area contributed by atoms with Crippen molar-refractivity contribution in [2.24, 2.45) is 5.92 Å². The Bertz CT molecular complexity index is 353. The van der Waals surface area contributed by atoms with Crippen LogP contribution >= 0.6 is 0 Å². The van der Waals surface area contributed by atoms with E-state index in [0.717, 1.165) is 18.8 Å². The maximum Gasteiger partial charge on any atom is 0.227 e. The molecule has 1 atom stereocenters. The largest absolute Gasteiger partial charge is 0.493 e. The minimum absolute atomic E-state index is 0.0109. The monoisotopic (exact) mass is 205 g/mol. The van der Waals surface area contributed by atoms with Crippen molar-refractivity contribution in [2.75, 3.05) is 6.61 Å². The third-order valence-corrected chi connectivity index (χ3v) is 2.70. The molecule has 0 spiro atoms. The van der Waals surface area contributed by atoms with Crippen LogP contribution in [0.1, 0.15) is 19.8 Å². The fourth-order valence-electron chi connectivity index (χ4n) is 1.83. The van der Waals surface area contributed by atoms with Gasteiger partial charge in [0.05, 0.1) is 6.61 Å². The molecule has 0 saturated heterocycles. The summed E-state index contributed by atoms with van der Waals surface area (Å²) in [6, 6.07) is 0. The van der Waals surface area contributed by atoms with Gasteiger partial charge >= 0.3 is 0 Å². The molecule has 0 aromatic carbocycles. The predicted octanol–water partition coefficient (Wildman–Crippen LogP) is 1.89. The number of ether oxygens (including phenoxy) is 1. The van der Waals surface area contributed by atoms with Gasteiger partial charge in [-0.3, -0.25) is 4.79 Å². The van der Waals surface area contributed by atoms with Crippen LogP contribution in [0.3, 0.4) is 0 Å². The average Bonchev–Trinajstić information content (AvgIpc) is 2.65. The molecule has 2 aliphatic heterocycles. The molecule has 0 fully saturated rings. The fraction of sp³-hybridized carbons (Fsp3) is 0.417. The normalized spacial score (nSPS) is 30.2. The molecule has 2 heterocycles. The highest BCUT2D eigenvalue weighted by molar-refractivity contribution is 5.78. The Morgan fingerprint density at radius 2 is 2.40 bits per heavy atom. The van der Waals surface area contributed by atoms with Crippen LogP contribution in [0, 0.1) is 5.92 Å². The second kappa shape index (κ2) is 4.34. The summed E-state index contributed by atoms with van der Waals surface area (Å²) in [5.74, 6) is 1.28. The SMILES string of the molecule is CC1/C=C\NC(=O)C/C=C\C2=C1CCO2. The van der Waals surface area contributed by atoms with E-state index in [4.69, 9.17) is 4.74 Å². The number of allylic oxidation sites excluding steroid dienone is 2. The van der Waals surface area contributed by atoms with Crippen molar-refractivity contribution in [1.82, 2.24) is 5.32 Å². The van der Waals surface area contributed by atoms with Gasteiger partial charge in [0.25, 0.3) is 0 Å². The molecule has 15 heavy (non-hydrogen) atoms. The smallest absolute Gasteiger partial charge is 0.227 e. The zero-order chi connectivity index (χ0) is 10.7. The topological polar surface area (TPSA) is 38.3 Å². The quantitative estimate of drug-likeness (QED) is 0.655. The van der Waals surface area contributed by atoms with E-state index in [-0.39, 0.29) is 5.91 Å². The zero-order valence-corrected chi connectivity index (χ0v) is 8.82. The van der Waals surface area contributed by atoms with Crippen LogP contribution in [-0.4, -0.2) is 12.5 Å². The minimum Gasteiger partial charge on any atom is -0.493 e. The highest BCUT2D eigenvalue weighted by Gasteiger charge is 2.18. The molecule has 3 nitrogen and oxygen atoms in total. The van der Waals surface area contributed by atoms with E-state index in [2.05, 4.69) is 12.2 Å². The molecule has 0 radical (unpaired) electrons. The van der Waals surface area contributed by atoms with Gasteiger partial charge in [0.1, 0.15) is 5.76 Å². The van der Waals surface area contributed by atoms with Gasteiger partial charge in [0, 0.05) is 25.0 Å². The second-order valence-corrected chi connectivity index (χ2v) is 3.81. The molecular formula is C12H15NO2. The standard InChI is InChI=1S/C12H15NO2/c1-9-5-7-13-12(14)4-2-3-11-10(9)6-8-15-11/h2-3,5,7,9H,4,6,8H2,1H3,(H,13,14)/b3-2-,7-5-. The molecule has 1 N–H and O–H groups in total. The summed E-state index contributed by atoms with van der Waals surface area (Å²) in [6.07, 6.45) is 8.88. The molecule has 1 amide bonds. The third-order valence-electron chi connectivity index (χ3n) is 2.70. The Kier molecular flexibility index (Phi) is 2.90. The van der Waals surface area contributed by atoms with Crippen LogP contribution in [0.5, 0.6) is 0 Å². The fourth-order valence-corrected chi connectivity index (χ4v) is 1.83. The van der Waals surface area contributed by atoms with Gasteiger partial charge in [-0.15, -0.1) is 0 Å². The minimum atomic E-state index is 0.0109. The molecule has 0 bridgehead atoms. The molecule has 80 valence electrons. The summed E-state index contributed by atoms with van der Waals surface area (Å²) in [5, 5.41) is 2.73. The summed E-state index contributed by atoms with van der Waals surface area (Å²) in [5.41, 5.74) is 1.32. The molecule has 1 unspecified atom stereocenters. The Hall–Kier alpha value is -1.51. The maximum atomic E-state index is 11.2. The van der Waals surface area contributed by atoms with Gasteiger partial charge in [0.2, 0.25) is 5.91 Å². The van der Waals surface area contributed by atoms with E-state index in [0.29, 0.717) is 12.3 Å². The number of carbonyl (C=O) groups excluding carboxylic acids is 1. The van der Waals surface area contributed by atoms with E-state index in [9.17, 15) is 4.79 Å². The lowest BCUT2D eigenvalue weighted by atomic mass is 9.98. The Morgan fingerprint density at radius 3 is 3.27 bits per heavy atom. The molecular weight excluding hydrogens is 190 g/mol.